The fraction of sp³-hybridized carbons (Fsp3) is 0.588. The van der Waals surface area contributed by atoms with Crippen molar-refractivity contribution in [1.29, 1.82) is 0 Å². The van der Waals surface area contributed by atoms with Crippen LogP contribution in [0.3, 0.4) is 0 Å². The van der Waals surface area contributed by atoms with Gasteiger partial charge in [-0.2, -0.15) is 0 Å². The lowest BCUT2D eigenvalue weighted by molar-refractivity contribution is -0.144. The van der Waals surface area contributed by atoms with E-state index in [4.69, 9.17) is 4.74 Å². The number of carbonyl (C=O) groups excluding carboxylic acids is 1. The fourth-order valence-electron chi connectivity index (χ4n) is 2.49. The molecule has 1 rings (SSSR count). The van der Waals surface area contributed by atoms with Crippen molar-refractivity contribution in [3.63, 3.8) is 0 Å². The molecule has 0 spiro atoms. The maximum atomic E-state index is 11.8. The second-order valence-corrected chi connectivity index (χ2v) is 5.29. The predicted octanol–water partition coefficient (Wildman–Crippen LogP) is 3.42. The molecule has 0 aliphatic rings. The lowest BCUT2D eigenvalue weighted by Gasteiger charge is -2.30. The summed E-state index contributed by atoms with van der Waals surface area (Å²) < 4.78 is 5.09. The average Bonchev–Trinajstić information content (AvgIpc) is 2.40. The predicted molar refractivity (Wildman–Crippen MR) is 82.7 cm³/mol. The van der Waals surface area contributed by atoms with Gasteiger partial charge in [0.1, 0.15) is 0 Å². The van der Waals surface area contributed by atoms with E-state index in [0.29, 0.717) is 13.0 Å². The molecule has 0 aliphatic carbocycles. The average molecular weight is 277 g/mol. The number of esters is 1. The van der Waals surface area contributed by atoms with E-state index >= 15 is 0 Å². The summed E-state index contributed by atoms with van der Waals surface area (Å²) in [5.41, 5.74) is 2.10. The fourth-order valence-corrected chi connectivity index (χ4v) is 2.49. The van der Waals surface area contributed by atoms with Crippen molar-refractivity contribution >= 4 is 5.97 Å². The molecule has 1 N–H and O–H groups in total. The molecule has 1 aromatic carbocycles. The molecular formula is C17H27NO2. The SMILES string of the molecule is CCCc1ccc(C(C)(CC(=O)OCC)NCC)cc1. The first-order chi connectivity index (χ1) is 9.55. The maximum absolute atomic E-state index is 11.8. The van der Waals surface area contributed by atoms with Gasteiger partial charge in [0.05, 0.1) is 18.6 Å². The van der Waals surface area contributed by atoms with E-state index < -0.39 is 0 Å². The maximum Gasteiger partial charge on any atom is 0.307 e. The Morgan fingerprint density at radius 2 is 1.85 bits per heavy atom. The number of hydrogen-bond acceptors (Lipinski definition) is 3. The van der Waals surface area contributed by atoms with Gasteiger partial charge >= 0.3 is 5.97 Å². The Hall–Kier alpha value is -1.35. The van der Waals surface area contributed by atoms with Crippen LogP contribution >= 0.6 is 0 Å². The van der Waals surface area contributed by atoms with Gasteiger partial charge < -0.3 is 10.1 Å². The molecule has 0 heterocycles. The minimum atomic E-state index is -0.369. The highest BCUT2D eigenvalue weighted by molar-refractivity contribution is 5.71. The summed E-state index contributed by atoms with van der Waals surface area (Å²) in [6.45, 7) is 9.36. The molecule has 20 heavy (non-hydrogen) atoms. The lowest BCUT2D eigenvalue weighted by atomic mass is 9.87. The number of aryl methyl sites for hydroxylation is 1. The minimum Gasteiger partial charge on any atom is -0.466 e. The third-order valence-corrected chi connectivity index (χ3v) is 3.50. The molecule has 3 nitrogen and oxygen atoms in total. The number of rotatable bonds is 8. The molecule has 0 saturated carbocycles. The number of nitrogens with one attached hydrogen (secondary N) is 1. The zero-order chi connectivity index (χ0) is 15.0. The van der Waals surface area contributed by atoms with Gasteiger partial charge in [0, 0.05) is 0 Å². The Morgan fingerprint density at radius 1 is 1.20 bits per heavy atom. The topological polar surface area (TPSA) is 38.3 Å². The van der Waals surface area contributed by atoms with Crippen LogP contribution in [0.4, 0.5) is 0 Å². The normalized spacial score (nSPS) is 13.8. The third-order valence-electron chi connectivity index (χ3n) is 3.50. The van der Waals surface area contributed by atoms with E-state index in [1.807, 2.05) is 6.92 Å². The van der Waals surface area contributed by atoms with Crippen molar-refractivity contribution in [2.75, 3.05) is 13.2 Å². The molecule has 3 heteroatoms. The molecule has 0 aliphatic heterocycles. The van der Waals surface area contributed by atoms with Crippen molar-refractivity contribution in [1.82, 2.24) is 5.32 Å². The second-order valence-electron chi connectivity index (χ2n) is 5.29. The standard InChI is InChI=1S/C17H27NO2/c1-5-8-14-9-11-15(12-10-14)17(4,18-6-2)13-16(19)20-7-3/h9-12,18H,5-8,13H2,1-4H3. The molecule has 1 unspecified atom stereocenters. The first-order valence-electron chi connectivity index (χ1n) is 7.55. The summed E-state index contributed by atoms with van der Waals surface area (Å²) in [4.78, 5) is 11.8. The zero-order valence-electron chi connectivity index (χ0n) is 13.2. The van der Waals surface area contributed by atoms with E-state index in [-0.39, 0.29) is 11.5 Å². The molecule has 1 aromatic rings. The summed E-state index contributed by atoms with van der Waals surface area (Å²) in [6, 6.07) is 8.54. The molecule has 0 radical (unpaired) electrons. The Bertz CT molecular complexity index is 414. The van der Waals surface area contributed by atoms with Crippen LogP contribution in [0.25, 0.3) is 0 Å². The molecule has 1 atom stereocenters. The Balaban J connectivity index is 2.90. The van der Waals surface area contributed by atoms with Crippen LogP contribution in [0.1, 0.15) is 51.7 Å². The van der Waals surface area contributed by atoms with Crippen LogP contribution in [0, 0.1) is 0 Å². The summed E-state index contributed by atoms with van der Waals surface area (Å²) in [5.74, 6) is -0.159. The number of benzene rings is 1. The monoisotopic (exact) mass is 277 g/mol. The van der Waals surface area contributed by atoms with Crippen LogP contribution < -0.4 is 5.32 Å². The molecule has 0 aromatic heterocycles. The first kappa shape index (κ1) is 16.7. The van der Waals surface area contributed by atoms with Gasteiger partial charge in [0.15, 0.2) is 0 Å². The molecule has 0 fully saturated rings. The minimum absolute atomic E-state index is 0.159. The molecule has 112 valence electrons. The highest BCUT2D eigenvalue weighted by Gasteiger charge is 2.29. The van der Waals surface area contributed by atoms with Crippen molar-refractivity contribution in [3.05, 3.63) is 35.4 Å². The molecule has 0 amide bonds. The van der Waals surface area contributed by atoms with Crippen LogP contribution in [0.2, 0.25) is 0 Å². The number of carbonyl (C=O) groups is 1. The van der Waals surface area contributed by atoms with Crippen molar-refractivity contribution in [3.8, 4) is 0 Å². The van der Waals surface area contributed by atoms with Crippen LogP contribution in [-0.4, -0.2) is 19.1 Å². The van der Waals surface area contributed by atoms with Gasteiger partial charge in [-0.15, -0.1) is 0 Å². The van der Waals surface area contributed by atoms with E-state index in [2.05, 4.69) is 50.4 Å². The van der Waals surface area contributed by atoms with Gasteiger partial charge in [-0.25, -0.2) is 0 Å². The number of hydrogen-bond donors (Lipinski definition) is 1. The third kappa shape index (κ3) is 4.64. The van der Waals surface area contributed by atoms with Gasteiger partial charge in [-0.05, 0) is 37.9 Å². The quantitative estimate of drug-likeness (QED) is 0.740. The summed E-state index contributed by atoms with van der Waals surface area (Å²) in [5, 5.41) is 3.42. The van der Waals surface area contributed by atoms with Crippen molar-refractivity contribution in [2.45, 2.75) is 52.5 Å². The largest absolute Gasteiger partial charge is 0.466 e. The van der Waals surface area contributed by atoms with E-state index in [1.54, 1.807) is 0 Å². The molecule has 0 bridgehead atoms. The smallest absolute Gasteiger partial charge is 0.307 e. The molecular weight excluding hydrogens is 250 g/mol. The van der Waals surface area contributed by atoms with Crippen LogP contribution in [0.5, 0.6) is 0 Å². The van der Waals surface area contributed by atoms with Crippen LogP contribution in [-0.2, 0) is 21.5 Å². The second kappa shape index (κ2) is 8.05. The van der Waals surface area contributed by atoms with Crippen LogP contribution in [0.15, 0.2) is 24.3 Å². The summed E-state index contributed by atoms with van der Waals surface area (Å²) in [6.07, 6.45) is 2.59. The summed E-state index contributed by atoms with van der Waals surface area (Å²) >= 11 is 0. The summed E-state index contributed by atoms with van der Waals surface area (Å²) in [7, 11) is 0. The van der Waals surface area contributed by atoms with Crippen molar-refractivity contribution in [2.24, 2.45) is 0 Å². The van der Waals surface area contributed by atoms with Gasteiger partial charge in [0.25, 0.3) is 0 Å². The van der Waals surface area contributed by atoms with Gasteiger partial charge in [-0.1, -0.05) is 44.5 Å². The highest BCUT2D eigenvalue weighted by Crippen LogP contribution is 2.25. The van der Waals surface area contributed by atoms with Crippen molar-refractivity contribution < 1.29 is 9.53 Å². The molecule has 0 saturated heterocycles. The lowest BCUT2D eigenvalue weighted by Crippen LogP contribution is -2.41. The highest BCUT2D eigenvalue weighted by atomic mass is 16.5. The van der Waals surface area contributed by atoms with Gasteiger partial charge in [0.2, 0.25) is 0 Å². The Labute approximate surface area is 122 Å². The Kier molecular flexibility index (Phi) is 6.73. The van der Waals surface area contributed by atoms with E-state index in [9.17, 15) is 4.79 Å². The van der Waals surface area contributed by atoms with E-state index in [0.717, 1.165) is 24.9 Å². The Morgan fingerprint density at radius 3 is 2.35 bits per heavy atom. The zero-order valence-corrected chi connectivity index (χ0v) is 13.2. The van der Waals surface area contributed by atoms with E-state index in [1.165, 1.54) is 5.56 Å². The van der Waals surface area contributed by atoms with Gasteiger partial charge in [-0.3, -0.25) is 4.79 Å². The first-order valence-corrected chi connectivity index (χ1v) is 7.55. The number of ether oxygens (including phenoxy) is 1.